The summed E-state index contributed by atoms with van der Waals surface area (Å²) in [5.74, 6) is 4.91. The number of hydrogen-bond donors (Lipinski definition) is 0. The van der Waals surface area contributed by atoms with Gasteiger partial charge in [0.25, 0.3) is 0 Å². The molecule has 4 bridgehead atoms. The molecule has 6 rings (SSSR count). The average Bonchev–Trinajstić information content (AvgIpc) is 2.26. The van der Waals surface area contributed by atoms with Gasteiger partial charge in [0.2, 0.25) is 0 Å². The Hall–Kier alpha value is 0. The Morgan fingerprint density at radius 1 is 0.750 bits per heavy atom. The first-order valence-corrected chi connectivity index (χ1v) is 5.81. The first kappa shape index (κ1) is 5.67. The van der Waals surface area contributed by atoms with E-state index >= 15 is 0 Å². The Labute approximate surface area is 73.7 Å². The summed E-state index contributed by atoms with van der Waals surface area (Å²) in [6.07, 6.45) is 10.0. The molecule has 6 unspecified atom stereocenters. The van der Waals surface area contributed by atoms with Crippen LogP contribution in [0.25, 0.3) is 0 Å². The van der Waals surface area contributed by atoms with E-state index in [0.717, 1.165) is 10.8 Å². The molecule has 0 amide bonds. The molecular weight excluding hydrogens is 144 g/mol. The molecule has 6 aliphatic carbocycles. The Balaban J connectivity index is 1.84. The Bertz CT molecular complexity index is 288. The fourth-order valence-electron chi connectivity index (χ4n) is 6.61. The van der Waals surface area contributed by atoms with Crippen LogP contribution < -0.4 is 0 Å². The molecule has 0 nitrogen and oxygen atoms in total. The number of rotatable bonds is 0. The van der Waals surface area contributed by atoms with Crippen LogP contribution in [0.1, 0.15) is 38.5 Å². The molecule has 6 aliphatic rings. The molecule has 0 aromatic rings. The lowest BCUT2D eigenvalue weighted by Gasteiger charge is -2.58. The molecule has 0 radical (unpaired) electrons. The van der Waals surface area contributed by atoms with Crippen LogP contribution in [0.2, 0.25) is 0 Å². The molecule has 0 saturated heterocycles. The van der Waals surface area contributed by atoms with Crippen molar-refractivity contribution in [2.24, 2.45) is 34.5 Å². The minimum Gasteiger partial charge on any atom is -0.0465 e. The van der Waals surface area contributed by atoms with E-state index in [-0.39, 0.29) is 0 Å². The summed E-state index contributed by atoms with van der Waals surface area (Å²) in [6, 6.07) is 0. The van der Waals surface area contributed by atoms with Crippen LogP contribution in [0.5, 0.6) is 0 Å². The van der Waals surface area contributed by atoms with Crippen LogP contribution in [0.15, 0.2) is 0 Å². The van der Waals surface area contributed by atoms with E-state index in [9.17, 15) is 0 Å². The van der Waals surface area contributed by atoms with Gasteiger partial charge in [-0.25, -0.2) is 0 Å². The molecule has 0 aliphatic heterocycles. The molecule has 12 heavy (non-hydrogen) atoms. The van der Waals surface area contributed by atoms with Crippen LogP contribution in [-0.4, -0.2) is 0 Å². The van der Waals surface area contributed by atoms with Gasteiger partial charge < -0.3 is 0 Å². The van der Waals surface area contributed by atoms with Crippen molar-refractivity contribution in [1.29, 1.82) is 0 Å². The maximum Gasteiger partial charge on any atom is -0.0255 e. The third kappa shape index (κ3) is 0.324. The molecule has 64 valence electrons. The summed E-state index contributed by atoms with van der Waals surface area (Å²) < 4.78 is 0. The van der Waals surface area contributed by atoms with E-state index in [1.807, 2.05) is 0 Å². The summed E-state index contributed by atoms with van der Waals surface area (Å²) in [7, 11) is 0. The summed E-state index contributed by atoms with van der Waals surface area (Å²) in [6.45, 7) is 0. The van der Waals surface area contributed by atoms with Crippen LogP contribution in [0, 0.1) is 34.5 Å². The highest BCUT2D eigenvalue weighted by molar-refractivity contribution is 5.27. The molecular formula is C12H16. The first-order valence-electron chi connectivity index (χ1n) is 5.81. The lowest BCUT2D eigenvalue weighted by molar-refractivity contribution is -0.0911. The highest BCUT2D eigenvalue weighted by Gasteiger charge is 2.77. The summed E-state index contributed by atoms with van der Waals surface area (Å²) in [5, 5.41) is 0. The second kappa shape index (κ2) is 1.22. The van der Waals surface area contributed by atoms with Crippen molar-refractivity contribution in [3.05, 3.63) is 0 Å². The smallest absolute Gasteiger partial charge is 0.0255 e. The van der Waals surface area contributed by atoms with Gasteiger partial charge in [-0.1, -0.05) is 0 Å². The van der Waals surface area contributed by atoms with Gasteiger partial charge in [0.15, 0.2) is 0 Å². The van der Waals surface area contributed by atoms with Crippen LogP contribution in [0.4, 0.5) is 0 Å². The molecule has 6 atom stereocenters. The van der Waals surface area contributed by atoms with E-state index in [2.05, 4.69) is 0 Å². The molecule has 2 spiro atoms. The third-order valence-corrected chi connectivity index (χ3v) is 6.60. The van der Waals surface area contributed by atoms with Crippen LogP contribution >= 0.6 is 0 Å². The van der Waals surface area contributed by atoms with Gasteiger partial charge in [0, 0.05) is 0 Å². The van der Waals surface area contributed by atoms with Crippen molar-refractivity contribution < 1.29 is 0 Å². The van der Waals surface area contributed by atoms with Crippen LogP contribution in [-0.2, 0) is 0 Å². The standard InChI is InChI=1S/C12H16/c1-7-2-11-3-8-4-12(6-11,9(1)8)5-10(7)11/h7-10H,1-6H2. The van der Waals surface area contributed by atoms with Crippen molar-refractivity contribution >= 4 is 0 Å². The Kier molecular flexibility index (Phi) is 0.578. The normalized spacial score (nSPS) is 80.0. The van der Waals surface area contributed by atoms with Gasteiger partial charge in [-0.05, 0) is 73.0 Å². The van der Waals surface area contributed by atoms with E-state index in [0.29, 0.717) is 0 Å². The molecule has 6 saturated carbocycles. The van der Waals surface area contributed by atoms with Crippen molar-refractivity contribution in [3.8, 4) is 0 Å². The summed E-state index contributed by atoms with van der Waals surface area (Å²) in [5.41, 5.74) is 1.92. The van der Waals surface area contributed by atoms with Crippen molar-refractivity contribution in [2.75, 3.05) is 0 Å². The van der Waals surface area contributed by atoms with Crippen LogP contribution in [0.3, 0.4) is 0 Å². The Morgan fingerprint density at radius 3 is 2.42 bits per heavy atom. The van der Waals surface area contributed by atoms with Gasteiger partial charge in [-0.3, -0.25) is 0 Å². The lowest BCUT2D eigenvalue weighted by atomic mass is 9.46. The largest absolute Gasteiger partial charge is 0.0465 e. The lowest BCUT2D eigenvalue weighted by Crippen LogP contribution is -2.50. The molecule has 0 aromatic heterocycles. The first-order chi connectivity index (χ1) is 5.81. The van der Waals surface area contributed by atoms with Crippen molar-refractivity contribution in [3.63, 3.8) is 0 Å². The molecule has 0 heterocycles. The number of hydrogen-bond acceptors (Lipinski definition) is 0. The van der Waals surface area contributed by atoms with E-state index in [1.165, 1.54) is 23.7 Å². The van der Waals surface area contributed by atoms with E-state index < -0.39 is 0 Å². The predicted octanol–water partition coefficient (Wildman–Crippen LogP) is 2.83. The molecule has 0 heteroatoms. The SMILES string of the molecule is C1C2CC34CC5CC(CC23)(C4)C15. The zero-order valence-electron chi connectivity index (χ0n) is 7.55. The second-order valence-corrected chi connectivity index (χ2v) is 6.69. The van der Waals surface area contributed by atoms with Gasteiger partial charge in [0.1, 0.15) is 0 Å². The summed E-state index contributed by atoms with van der Waals surface area (Å²) >= 11 is 0. The quantitative estimate of drug-likeness (QED) is 0.511. The molecule has 6 fully saturated rings. The molecule has 0 aromatic carbocycles. The topological polar surface area (TPSA) is 0 Å². The van der Waals surface area contributed by atoms with Gasteiger partial charge in [-0.2, -0.15) is 0 Å². The zero-order chi connectivity index (χ0) is 7.55. The summed E-state index contributed by atoms with van der Waals surface area (Å²) in [4.78, 5) is 0. The van der Waals surface area contributed by atoms with Crippen molar-refractivity contribution in [1.82, 2.24) is 0 Å². The zero-order valence-corrected chi connectivity index (χ0v) is 7.55. The minimum atomic E-state index is 0.959. The molecule has 0 N–H and O–H groups in total. The average molecular weight is 160 g/mol. The third-order valence-electron chi connectivity index (χ3n) is 6.60. The van der Waals surface area contributed by atoms with E-state index in [1.54, 1.807) is 38.5 Å². The maximum atomic E-state index is 1.68. The minimum absolute atomic E-state index is 0.959. The monoisotopic (exact) mass is 160 g/mol. The van der Waals surface area contributed by atoms with Gasteiger partial charge in [0.05, 0.1) is 0 Å². The highest BCUT2D eigenvalue weighted by Crippen LogP contribution is 2.86. The fourth-order valence-corrected chi connectivity index (χ4v) is 6.61. The van der Waals surface area contributed by atoms with Gasteiger partial charge >= 0.3 is 0 Å². The fraction of sp³-hybridized carbons (Fsp3) is 1.00. The van der Waals surface area contributed by atoms with Crippen molar-refractivity contribution in [2.45, 2.75) is 38.5 Å². The predicted molar refractivity (Wildman–Crippen MR) is 46.5 cm³/mol. The Morgan fingerprint density at radius 2 is 1.50 bits per heavy atom. The second-order valence-electron chi connectivity index (χ2n) is 6.69. The maximum absolute atomic E-state index is 1.68. The van der Waals surface area contributed by atoms with Gasteiger partial charge in [-0.15, -0.1) is 0 Å². The van der Waals surface area contributed by atoms with E-state index in [4.69, 9.17) is 0 Å². The highest BCUT2D eigenvalue weighted by atomic mass is 14.8.